The first-order valence-corrected chi connectivity index (χ1v) is 7.22. The summed E-state index contributed by atoms with van der Waals surface area (Å²) < 4.78 is 65.0. The van der Waals surface area contributed by atoms with Gasteiger partial charge in [0.2, 0.25) is 0 Å². The molecule has 0 saturated heterocycles. The lowest BCUT2D eigenvalue weighted by Gasteiger charge is -2.13. The number of nitrogens with one attached hydrogen (secondary N) is 3. The van der Waals surface area contributed by atoms with Crippen LogP contribution in [0.15, 0.2) is 36.4 Å². The van der Waals surface area contributed by atoms with Crippen LogP contribution in [0.5, 0.6) is 0 Å². The van der Waals surface area contributed by atoms with E-state index in [-0.39, 0.29) is 22.8 Å². The van der Waals surface area contributed by atoms with Gasteiger partial charge in [-0.2, -0.15) is 13.2 Å². The van der Waals surface area contributed by atoms with Crippen molar-refractivity contribution < 1.29 is 26.7 Å². The molecule has 0 spiro atoms. The maximum atomic E-state index is 13.5. The zero-order chi connectivity index (χ0) is 19.6. The highest BCUT2D eigenvalue weighted by Gasteiger charge is 2.34. The van der Waals surface area contributed by atoms with Gasteiger partial charge in [0.1, 0.15) is 11.6 Å². The Hall–Kier alpha value is -3.57. The lowest BCUT2D eigenvalue weighted by molar-refractivity contribution is -0.139. The number of carbonyl (C=O) groups excluding carboxylic acids is 1. The van der Waals surface area contributed by atoms with Crippen molar-refractivity contribution in [2.75, 3.05) is 10.6 Å². The monoisotopic (exact) mass is 384 g/mol. The number of amides is 2. The van der Waals surface area contributed by atoms with Crippen LogP contribution in [-0.2, 0) is 6.18 Å². The quantitative estimate of drug-likeness (QED) is 0.599. The molecule has 1 aromatic heterocycles. The fourth-order valence-corrected chi connectivity index (χ4v) is 2.20. The maximum absolute atomic E-state index is 13.5. The third-order valence-electron chi connectivity index (χ3n) is 3.36. The van der Waals surface area contributed by atoms with Gasteiger partial charge in [0, 0.05) is 11.3 Å². The average Bonchev–Trinajstić information content (AvgIpc) is 3.11. The Morgan fingerprint density at radius 1 is 1.04 bits per heavy atom. The van der Waals surface area contributed by atoms with Crippen LogP contribution in [0.1, 0.15) is 5.56 Å². The van der Waals surface area contributed by atoms with Gasteiger partial charge < -0.3 is 10.6 Å². The van der Waals surface area contributed by atoms with Gasteiger partial charge in [-0.05, 0) is 46.8 Å². The molecule has 3 rings (SSSR count). The van der Waals surface area contributed by atoms with E-state index >= 15 is 0 Å². The molecule has 7 nitrogen and oxygen atoms in total. The first-order valence-electron chi connectivity index (χ1n) is 7.22. The number of hydrogen-bond acceptors (Lipinski definition) is 4. The zero-order valence-electron chi connectivity index (χ0n) is 13.1. The maximum Gasteiger partial charge on any atom is 0.419 e. The van der Waals surface area contributed by atoms with Gasteiger partial charge in [-0.15, -0.1) is 5.10 Å². The molecule has 0 fully saturated rings. The second-order valence-corrected chi connectivity index (χ2v) is 5.21. The van der Waals surface area contributed by atoms with Gasteiger partial charge in [0.15, 0.2) is 5.82 Å². The van der Waals surface area contributed by atoms with E-state index < -0.39 is 29.4 Å². The van der Waals surface area contributed by atoms with Gasteiger partial charge in [-0.1, -0.05) is 0 Å². The van der Waals surface area contributed by atoms with Crippen molar-refractivity contribution in [1.29, 1.82) is 0 Å². The summed E-state index contributed by atoms with van der Waals surface area (Å²) in [5.74, 6) is -2.03. The Bertz CT molecular complexity index is 973. The molecule has 0 atom stereocenters. The van der Waals surface area contributed by atoms with E-state index in [9.17, 15) is 26.7 Å². The first kappa shape index (κ1) is 18.2. The predicted octanol–water partition coefficient (Wildman–Crippen LogP) is 3.81. The standard InChI is InChI=1S/C15H9F5N6O/c16-7-1-4-12(9(5-7)13-23-25-26-24-13)22-14(27)21-8-2-3-11(17)10(6-8)15(18,19)20/h1-6H,(H2,21,22,27)(H,23,24,25,26). The molecule has 1 heterocycles. The summed E-state index contributed by atoms with van der Waals surface area (Å²) in [6.45, 7) is 0. The molecule has 0 aliphatic heterocycles. The van der Waals surface area contributed by atoms with E-state index in [1.165, 1.54) is 6.07 Å². The molecule has 3 aromatic rings. The van der Waals surface area contributed by atoms with E-state index in [1.54, 1.807) is 0 Å². The molecule has 0 radical (unpaired) electrons. The number of aromatic nitrogens is 4. The predicted molar refractivity (Wildman–Crippen MR) is 83.6 cm³/mol. The van der Waals surface area contributed by atoms with Crippen LogP contribution in [0, 0.1) is 11.6 Å². The summed E-state index contributed by atoms with van der Waals surface area (Å²) in [6.07, 6.45) is -4.92. The molecule has 0 unspecified atom stereocenters. The SMILES string of the molecule is O=C(Nc1ccc(F)c(C(F)(F)F)c1)Nc1ccc(F)cc1-c1nnn[nH]1. The van der Waals surface area contributed by atoms with Crippen molar-refractivity contribution in [2.24, 2.45) is 0 Å². The van der Waals surface area contributed by atoms with Crippen molar-refractivity contribution in [3.63, 3.8) is 0 Å². The minimum atomic E-state index is -4.92. The Morgan fingerprint density at radius 2 is 1.81 bits per heavy atom. The largest absolute Gasteiger partial charge is 0.419 e. The molecule has 3 N–H and O–H groups in total. The van der Waals surface area contributed by atoms with E-state index in [1.807, 2.05) is 0 Å². The van der Waals surface area contributed by atoms with Crippen molar-refractivity contribution >= 4 is 17.4 Å². The van der Waals surface area contributed by atoms with Crippen LogP contribution in [0.2, 0.25) is 0 Å². The number of benzene rings is 2. The highest BCUT2D eigenvalue weighted by Crippen LogP contribution is 2.33. The Morgan fingerprint density at radius 3 is 2.48 bits per heavy atom. The molecular weight excluding hydrogens is 375 g/mol. The van der Waals surface area contributed by atoms with E-state index in [0.29, 0.717) is 12.1 Å². The summed E-state index contributed by atoms with van der Waals surface area (Å²) >= 11 is 0. The average molecular weight is 384 g/mol. The molecule has 0 aliphatic rings. The number of carbonyl (C=O) groups is 1. The molecule has 2 aromatic carbocycles. The minimum absolute atomic E-state index is 0.0611. The number of anilines is 2. The van der Waals surface area contributed by atoms with Crippen LogP contribution in [0.4, 0.5) is 38.1 Å². The normalized spacial score (nSPS) is 11.3. The number of halogens is 5. The summed E-state index contributed by atoms with van der Waals surface area (Å²) in [6, 6.07) is 4.41. The summed E-state index contributed by atoms with van der Waals surface area (Å²) in [5.41, 5.74) is -1.60. The number of rotatable bonds is 3. The summed E-state index contributed by atoms with van der Waals surface area (Å²) in [5, 5.41) is 17.2. The van der Waals surface area contributed by atoms with Crippen molar-refractivity contribution in [3.8, 4) is 11.4 Å². The Labute approximate surface area is 147 Å². The lowest BCUT2D eigenvalue weighted by Crippen LogP contribution is -2.20. The molecule has 0 aliphatic carbocycles. The number of tetrazole rings is 1. The molecule has 0 bridgehead atoms. The van der Waals surface area contributed by atoms with Gasteiger partial charge in [0.05, 0.1) is 11.3 Å². The number of urea groups is 1. The molecule has 2 amide bonds. The number of H-pyrrole nitrogens is 1. The van der Waals surface area contributed by atoms with E-state index in [4.69, 9.17) is 0 Å². The molecule has 27 heavy (non-hydrogen) atoms. The fourth-order valence-electron chi connectivity index (χ4n) is 2.20. The van der Waals surface area contributed by atoms with Crippen molar-refractivity contribution in [1.82, 2.24) is 20.6 Å². The van der Waals surface area contributed by atoms with Crippen molar-refractivity contribution in [2.45, 2.75) is 6.18 Å². The van der Waals surface area contributed by atoms with E-state index in [0.717, 1.165) is 18.2 Å². The number of aromatic amines is 1. The van der Waals surface area contributed by atoms with Crippen LogP contribution < -0.4 is 10.6 Å². The minimum Gasteiger partial charge on any atom is -0.308 e. The van der Waals surface area contributed by atoms with Gasteiger partial charge in [0.25, 0.3) is 0 Å². The van der Waals surface area contributed by atoms with Crippen molar-refractivity contribution in [3.05, 3.63) is 53.6 Å². The number of nitrogens with zero attached hydrogens (tertiary/aromatic N) is 3. The Kier molecular flexibility index (Phi) is 4.71. The number of hydrogen-bond donors (Lipinski definition) is 3. The van der Waals surface area contributed by atoms with Crippen LogP contribution in [-0.4, -0.2) is 26.7 Å². The smallest absolute Gasteiger partial charge is 0.308 e. The molecular formula is C15H9F5N6O. The van der Waals surface area contributed by atoms with Crippen LogP contribution in [0.25, 0.3) is 11.4 Å². The zero-order valence-corrected chi connectivity index (χ0v) is 13.1. The fraction of sp³-hybridized carbons (Fsp3) is 0.0667. The van der Waals surface area contributed by atoms with Gasteiger partial charge in [-0.25, -0.2) is 18.7 Å². The highest BCUT2D eigenvalue weighted by molar-refractivity contribution is 6.02. The second kappa shape index (κ2) is 6.97. The molecule has 0 saturated carbocycles. The first-order chi connectivity index (χ1) is 12.7. The van der Waals surface area contributed by atoms with Gasteiger partial charge in [-0.3, -0.25) is 0 Å². The third-order valence-corrected chi connectivity index (χ3v) is 3.36. The highest BCUT2D eigenvalue weighted by atomic mass is 19.4. The summed E-state index contributed by atoms with van der Waals surface area (Å²) in [7, 11) is 0. The Balaban J connectivity index is 1.82. The lowest BCUT2D eigenvalue weighted by atomic mass is 10.1. The van der Waals surface area contributed by atoms with Crippen LogP contribution in [0.3, 0.4) is 0 Å². The number of alkyl halides is 3. The molecule has 140 valence electrons. The van der Waals surface area contributed by atoms with Gasteiger partial charge >= 0.3 is 12.2 Å². The second-order valence-electron chi connectivity index (χ2n) is 5.21. The summed E-state index contributed by atoms with van der Waals surface area (Å²) in [4.78, 5) is 12.1. The third kappa shape index (κ3) is 4.16. The topological polar surface area (TPSA) is 95.6 Å². The molecule has 12 heteroatoms. The van der Waals surface area contributed by atoms with E-state index in [2.05, 4.69) is 31.3 Å². The van der Waals surface area contributed by atoms with Crippen LogP contribution >= 0.6 is 0 Å².